The summed E-state index contributed by atoms with van der Waals surface area (Å²) in [5.74, 6) is 0. The summed E-state index contributed by atoms with van der Waals surface area (Å²) in [6.45, 7) is 2.33. The van der Waals surface area contributed by atoms with E-state index in [4.69, 9.17) is 16.3 Å². The highest BCUT2D eigenvalue weighted by Gasteiger charge is 2.39. The Balaban J connectivity index is 1.58. The molecule has 1 amide bonds. The van der Waals surface area contributed by atoms with Crippen LogP contribution in [0.4, 0.5) is 10.5 Å². The quantitative estimate of drug-likeness (QED) is 0.848. The summed E-state index contributed by atoms with van der Waals surface area (Å²) in [5, 5.41) is 4.96. The van der Waals surface area contributed by atoms with E-state index in [-0.39, 0.29) is 11.6 Å². The van der Waals surface area contributed by atoms with Gasteiger partial charge in [0.05, 0.1) is 6.61 Å². The number of amides is 1. The highest BCUT2D eigenvalue weighted by Crippen LogP contribution is 2.35. The second-order valence-corrected chi connectivity index (χ2v) is 6.58. The first-order valence-electron chi connectivity index (χ1n) is 7.62. The topological polar surface area (TPSA) is 57.4 Å². The number of piperidine rings is 1. The van der Waals surface area contributed by atoms with Crippen molar-refractivity contribution in [1.82, 2.24) is 10.3 Å². The number of hydrogen-bond acceptors (Lipinski definition) is 3. The van der Waals surface area contributed by atoms with E-state index in [1.165, 1.54) is 5.39 Å². The van der Waals surface area contributed by atoms with E-state index < -0.39 is 0 Å². The predicted molar refractivity (Wildman–Crippen MR) is 86.6 cm³/mol. The van der Waals surface area contributed by atoms with Crippen molar-refractivity contribution in [3.63, 3.8) is 0 Å². The molecule has 2 saturated heterocycles. The van der Waals surface area contributed by atoms with Crippen LogP contribution in [0.3, 0.4) is 0 Å². The third-order valence-electron chi connectivity index (χ3n) is 4.85. The van der Waals surface area contributed by atoms with E-state index in [1.807, 2.05) is 18.3 Å². The molecule has 2 fully saturated rings. The van der Waals surface area contributed by atoms with Gasteiger partial charge in [-0.05, 0) is 31.0 Å². The third kappa shape index (κ3) is 2.29. The van der Waals surface area contributed by atoms with E-state index in [1.54, 1.807) is 0 Å². The van der Waals surface area contributed by atoms with Crippen molar-refractivity contribution < 1.29 is 9.53 Å². The summed E-state index contributed by atoms with van der Waals surface area (Å²) >= 11 is 6.24. The van der Waals surface area contributed by atoms with Gasteiger partial charge in [0, 0.05) is 52.9 Å². The van der Waals surface area contributed by atoms with Crippen LogP contribution in [0.2, 0.25) is 5.02 Å². The number of halogens is 1. The minimum atomic E-state index is -0.282. The number of ether oxygens (including phenoxy) is 1. The molecule has 6 heteroatoms. The predicted octanol–water partition coefficient (Wildman–Crippen LogP) is 3.29. The molecular weight excluding hydrogens is 302 g/mol. The summed E-state index contributed by atoms with van der Waals surface area (Å²) in [4.78, 5) is 17.1. The molecule has 0 unspecified atom stereocenters. The molecule has 0 atom stereocenters. The number of benzene rings is 1. The first kappa shape index (κ1) is 13.8. The number of fused-ring (bicyclic) bond motifs is 1. The maximum atomic E-state index is 11.5. The molecule has 0 aliphatic carbocycles. The molecular formula is C16H18ClN3O2. The Morgan fingerprint density at radius 3 is 2.82 bits per heavy atom. The van der Waals surface area contributed by atoms with Crippen molar-refractivity contribution in [2.45, 2.75) is 24.8 Å². The Kier molecular flexibility index (Phi) is 3.18. The van der Waals surface area contributed by atoms with Crippen molar-refractivity contribution in [2.75, 3.05) is 24.6 Å². The van der Waals surface area contributed by atoms with Gasteiger partial charge in [-0.1, -0.05) is 11.6 Å². The van der Waals surface area contributed by atoms with Gasteiger partial charge < -0.3 is 19.9 Å². The van der Waals surface area contributed by atoms with E-state index in [0.717, 1.165) is 48.6 Å². The first-order chi connectivity index (χ1) is 10.7. The summed E-state index contributed by atoms with van der Waals surface area (Å²) < 4.78 is 4.99. The number of nitrogens with zero attached hydrogens (tertiary/aromatic N) is 1. The number of nitrogens with one attached hydrogen (secondary N) is 2. The van der Waals surface area contributed by atoms with Crippen molar-refractivity contribution in [3.8, 4) is 0 Å². The zero-order chi connectivity index (χ0) is 15.2. The zero-order valence-electron chi connectivity index (χ0n) is 12.2. The summed E-state index contributed by atoms with van der Waals surface area (Å²) in [5.41, 5.74) is 2.13. The number of rotatable bonds is 1. The van der Waals surface area contributed by atoms with E-state index >= 15 is 0 Å². The van der Waals surface area contributed by atoms with Crippen molar-refractivity contribution in [3.05, 3.63) is 29.4 Å². The largest absolute Gasteiger partial charge is 0.449 e. The third-order valence-corrected chi connectivity index (χ3v) is 5.07. The number of H-pyrrole nitrogens is 1. The minimum absolute atomic E-state index is 0.0956. The number of hydrogen-bond donors (Lipinski definition) is 2. The number of anilines is 1. The molecule has 1 spiro atoms. The standard InChI is InChI=1S/C16H18ClN3O2/c17-11-9-13-12(1-5-18-13)14(10-11)20-6-2-16(3-7-20)4-8-22-15(21)19-16/h1,5,9-10,18H,2-4,6-8H2,(H,19,21). The van der Waals surface area contributed by atoms with E-state index in [0.29, 0.717) is 6.61 Å². The Hall–Kier alpha value is -1.88. The molecule has 2 N–H and O–H groups in total. The Morgan fingerprint density at radius 1 is 1.23 bits per heavy atom. The number of aromatic nitrogens is 1. The minimum Gasteiger partial charge on any atom is -0.449 e. The molecule has 22 heavy (non-hydrogen) atoms. The number of carbonyl (C=O) groups is 1. The first-order valence-corrected chi connectivity index (χ1v) is 8.00. The maximum Gasteiger partial charge on any atom is 0.407 e. The summed E-state index contributed by atoms with van der Waals surface area (Å²) in [7, 11) is 0. The zero-order valence-corrected chi connectivity index (χ0v) is 12.9. The number of aromatic amines is 1. The van der Waals surface area contributed by atoms with Gasteiger partial charge >= 0.3 is 6.09 Å². The van der Waals surface area contributed by atoms with Gasteiger partial charge in [0.1, 0.15) is 0 Å². The van der Waals surface area contributed by atoms with Gasteiger partial charge in [-0.15, -0.1) is 0 Å². The smallest absolute Gasteiger partial charge is 0.407 e. The molecule has 0 radical (unpaired) electrons. The maximum absolute atomic E-state index is 11.5. The molecule has 2 aliphatic heterocycles. The fraction of sp³-hybridized carbons (Fsp3) is 0.438. The Morgan fingerprint density at radius 2 is 2.05 bits per heavy atom. The van der Waals surface area contributed by atoms with Gasteiger partial charge in [-0.2, -0.15) is 0 Å². The van der Waals surface area contributed by atoms with Crippen LogP contribution < -0.4 is 10.2 Å². The summed E-state index contributed by atoms with van der Waals surface area (Å²) in [6, 6.07) is 6.06. The van der Waals surface area contributed by atoms with Gasteiger partial charge in [0.25, 0.3) is 0 Å². The molecule has 2 aliphatic rings. The molecule has 3 heterocycles. The fourth-order valence-electron chi connectivity index (χ4n) is 3.58. The van der Waals surface area contributed by atoms with Crippen LogP contribution in [0.25, 0.3) is 10.9 Å². The van der Waals surface area contributed by atoms with Gasteiger partial charge in [-0.25, -0.2) is 4.79 Å². The molecule has 1 aromatic heterocycles. The van der Waals surface area contributed by atoms with Gasteiger partial charge in [0.2, 0.25) is 0 Å². The van der Waals surface area contributed by atoms with E-state index in [2.05, 4.69) is 21.3 Å². The Labute approximate surface area is 133 Å². The second kappa shape index (κ2) is 5.09. The summed E-state index contributed by atoms with van der Waals surface area (Å²) in [6.07, 6.45) is 4.41. The lowest BCUT2D eigenvalue weighted by Gasteiger charge is -2.44. The Bertz CT molecular complexity index is 719. The lowest BCUT2D eigenvalue weighted by molar-refractivity contribution is 0.0770. The van der Waals surface area contributed by atoms with Crippen LogP contribution in [-0.2, 0) is 4.74 Å². The van der Waals surface area contributed by atoms with Crippen LogP contribution in [0.15, 0.2) is 24.4 Å². The average molecular weight is 320 g/mol. The second-order valence-electron chi connectivity index (χ2n) is 6.14. The molecule has 1 aromatic carbocycles. The fourth-order valence-corrected chi connectivity index (χ4v) is 3.79. The van der Waals surface area contributed by atoms with Crippen LogP contribution in [0, 0.1) is 0 Å². The molecule has 116 valence electrons. The van der Waals surface area contributed by atoms with Crippen molar-refractivity contribution in [2.24, 2.45) is 0 Å². The molecule has 0 bridgehead atoms. The lowest BCUT2D eigenvalue weighted by Crippen LogP contribution is -2.58. The highest BCUT2D eigenvalue weighted by atomic mass is 35.5. The molecule has 0 saturated carbocycles. The number of cyclic esters (lactones) is 1. The van der Waals surface area contributed by atoms with Crippen LogP contribution in [-0.4, -0.2) is 36.3 Å². The molecule has 4 rings (SSSR count). The number of alkyl carbamates (subject to hydrolysis) is 1. The average Bonchev–Trinajstić information content (AvgIpc) is 2.95. The highest BCUT2D eigenvalue weighted by molar-refractivity contribution is 6.31. The monoisotopic (exact) mass is 319 g/mol. The SMILES string of the molecule is O=C1NC2(CCO1)CCN(c1cc(Cl)cc3[nH]ccc13)CC2. The lowest BCUT2D eigenvalue weighted by atomic mass is 9.84. The normalized spacial score (nSPS) is 21.0. The van der Waals surface area contributed by atoms with Gasteiger partial charge in [0.15, 0.2) is 0 Å². The van der Waals surface area contributed by atoms with Gasteiger partial charge in [-0.3, -0.25) is 0 Å². The molecule has 2 aromatic rings. The van der Waals surface area contributed by atoms with Crippen molar-refractivity contribution in [1.29, 1.82) is 0 Å². The van der Waals surface area contributed by atoms with E-state index in [9.17, 15) is 4.79 Å². The van der Waals surface area contributed by atoms with Crippen LogP contribution in [0.5, 0.6) is 0 Å². The van der Waals surface area contributed by atoms with Crippen molar-refractivity contribution >= 4 is 34.3 Å². The van der Waals surface area contributed by atoms with Crippen LogP contribution in [0.1, 0.15) is 19.3 Å². The van der Waals surface area contributed by atoms with Crippen LogP contribution >= 0.6 is 11.6 Å². The molecule has 5 nitrogen and oxygen atoms in total. The number of carbonyl (C=O) groups excluding carboxylic acids is 1.